The molecule has 0 aliphatic heterocycles. The predicted molar refractivity (Wildman–Crippen MR) is 149 cm³/mol. The van der Waals surface area contributed by atoms with Crippen LogP contribution >= 0.6 is 0 Å². The molecule has 1 aliphatic carbocycles. The summed E-state index contributed by atoms with van der Waals surface area (Å²) in [6, 6.07) is 9.87. The van der Waals surface area contributed by atoms with E-state index in [1.165, 1.54) is 12.1 Å². The summed E-state index contributed by atoms with van der Waals surface area (Å²) in [4.78, 5) is 56.8. The monoisotopic (exact) mass is 561 g/mol. The summed E-state index contributed by atoms with van der Waals surface area (Å²) in [5.41, 5.74) is -1.43. The number of hydrogen-bond acceptors (Lipinski definition) is 8. The number of Topliss-reactive ketones (excluding diaryl/α,β-unsaturated/α-hetero) is 5. The maximum absolute atomic E-state index is 11.9. The molecule has 0 amide bonds. The summed E-state index contributed by atoms with van der Waals surface area (Å²) in [5.74, 6) is -1.22. The summed E-state index contributed by atoms with van der Waals surface area (Å²) >= 11 is 0. The quantitative estimate of drug-likeness (QED) is 0.450. The molecule has 1 aromatic rings. The molecule has 0 saturated heterocycles. The number of carbonyl (C=O) groups is 5. The highest BCUT2D eigenvalue weighted by Gasteiger charge is 2.35. The van der Waals surface area contributed by atoms with Crippen LogP contribution < -0.4 is 0 Å². The standard InChI is InChI=1S/C12H16O3S.C11H16O3.C7H11NO/c1-12(2,3)11(13)9-16(14,15)10-7-5-4-6-8-10;1-11(2,3)10(14)7-4-8(12)6-9(13)5-7;1-7(2,3)6(9)4-5-8/h4-8H,9H2,1-3H3;7H,4-6H2,1-3H3;4H2,1-3H3. The molecule has 1 aromatic carbocycles. The molecule has 0 heterocycles. The van der Waals surface area contributed by atoms with Crippen LogP contribution in [0.2, 0.25) is 0 Å². The Hall–Kier alpha value is -2.99. The van der Waals surface area contributed by atoms with Crippen LogP contribution in [-0.4, -0.2) is 43.1 Å². The second kappa shape index (κ2) is 14.4. The van der Waals surface area contributed by atoms with Crippen molar-refractivity contribution >= 4 is 38.8 Å². The van der Waals surface area contributed by atoms with Gasteiger partial charge in [-0.15, -0.1) is 0 Å². The fraction of sp³-hybridized carbons (Fsp3) is 0.600. The maximum atomic E-state index is 11.9. The highest BCUT2D eigenvalue weighted by molar-refractivity contribution is 7.92. The van der Waals surface area contributed by atoms with Crippen molar-refractivity contribution in [1.82, 2.24) is 0 Å². The number of sulfone groups is 1. The first kappa shape index (κ1) is 36.0. The summed E-state index contributed by atoms with van der Waals surface area (Å²) < 4.78 is 23.7. The fourth-order valence-corrected chi connectivity index (χ4v) is 4.74. The van der Waals surface area contributed by atoms with Crippen LogP contribution in [0.15, 0.2) is 35.2 Å². The largest absolute Gasteiger partial charge is 0.299 e. The topological polar surface area (TPSA) is 143 Å². The zero-order valence-electron chi connectivity index (χ0n) is 24.7. The molecule has 39 heavy (non-hydrogen) atoms. The molecule has 1 saturated carbocycles. The minimum absolute atomic E-state index is 0.00463. The van der Waals surface area contributed by atoms with Crippen molar-refractivity contribution in [2.75, 3.05) is 5.75 Å². The molecule has 0 spiro atoms. The molecule has 0 unspecified atom stereocenters. The van der Waals surface area contributed by atoms with E-state index in [-0.39, 0.29) is 70.8 Å². The molecule has 1 aliphatic rings. The van der Waals surface area contributed by atoms with Gasteiger partial charge in [0.05, 0.1) is 23.8 Å². The van der Waals surface area contributed by atoms with Gasteiger partial charge in [-0.3, -0.25) is 24.0 Å². The number of rotatable bonds is 5. The van der Waals surface area contributed by atoms with E-state index in [4.69, 9.17) is 5.26 Å². The smallest absolute Gasteiger partial charge is 0.185 e. The lowest BCUT2D eigenvalue weighted by atomic mass is 9.76. The van der Waals surface area contributed by atoms with Gasteiger partial charge in [-0.1, -0.05) is 80.5 Å². The SMILES string of the molecule is CC(C)(C)C(=O)C1CC(=O)CC(=O)C1.CC(C)(C)C(=O)CC#N.CC(C)(C)C(=O)CS(=O)(=O)c1ccccc1. The Morgan fingerprint density at radius 1 is 0.795 bits per heavy atom. The van der Waals surface area contributed by atoms with Gasteiger partial charge in [-0.25, -0.2) is 8.42 Å². The van der Waals surface area contributed by atoms with E-state index in [9.17, 15) is 32.4 Å². The molecule has 9 heteroatoms. The average molecular weight is 562 g/mol. The number of hydrogen-bond donors (Lipinski definition) is 0. The predicted octanol–water partition coefficient (Wildman–Crippen LogP) is 5.13. The lowest BCUT2D eigenvalue weighted by molar-refractivity contribution is -0.140. The van der Waals surface area contributed by atoms with Gasteiger partial charge in [0.2, 0.25) is 0 Å². The Kier molecular flexibility index (Phi) is 13.3. The molecule has 216 valence electrons. The Morgan fingerprint density at radius 2 is 1.23 bits per heavy atom. The Labute approximate surface area is 233 Å². The van der Waals surface area contributed by atoms with E-state index in [0.29, 0.717) is 0 Å². The zero-order chi connectivity index (χ0) is 30.8. The third-order valence-electron chi connectivity index (χ3n) is 5.79. The number of carbonyl (C=O) groups excluding carboxylic acids is 5. The average Bonchev–Trinajstić information content (AvgIpc) is 2.77. The third-order valence-corrected chi connectivity index (χ3v) is 7.42. The van der Waals surface area contributed by atoms with E-state index in [1.807, 2.05) is 47.6 Å². The van der Waals surface area contributed by atoms with Crippen LogP contribution in [0.1, 0.15) is 88.0 Å². The minimum atomic E-state index is -3.49. The second-order valence-electron chi connectivity index (χ2n) is 12.7. The van der Waals surface area contributed by atoms with E-state index < -0.39 is 26.4 Å². The molecule has 2 rings (SSSR count). The summed E-state index contributed by atoms with van der Waals surface area (Å²) in [7, 11) is -3.49. The molecule has 0 N–H and O–H groups in total. The first-order valence-electron chi connectivity index (χ1n) is 12.8. The lowest BCUT2D eigenvalue weighted by Crippen LogP contribution is -2.35. The van der Waals surface area contributed by atoms with E-state index >= 15 is 0 Å². The van der Waals surface area contributed by atoms with Crippen molar-refractivity contribution in [3.05, 3.63) is 30.3 Å². The van der Waals surface area contributed by atoms with Gasteiger partial charge >= 0.3 is 0 Å². The minimum Gasteiger partial charge on any atom is -0.299 e. The number of benzene rings is 1. The summed E-state index contributed by atoms with van der Waals surface area (Å²) in [5, 5.41) is 8.13. The van der Waals surface area contributed by atoms with Crippen molar-refractivity contribution in [3.8, 4) is 6.07 Å². The first-order valence-corrected chi connectivity index (χ1v) is 14.5. The molecule has 0 atom stereocenters. The Bertz CT molecular complexity index is 1170. The third kappa shape index (κ3) is 13.6. The van der Waals surface area contributed by atoms with Gasteiger partial charge in [0.25, 0.3) is 0 Å². The molecule has 8 nitrogen and oxygen atoms in total. The van der Waals surface area contributed by atoms with Crippen molar-refractivity contribution < 1.29 is 32.4 Å². The number of nitrogens with zero attached hydrogens (tertiary/aromatic N) is 1. The van der Waals surface area contributed by atoms with Gasteiger partial charge < -0.3 is 0 Å². The van der Waals surface area contributed by atoms with E-state index in [0.717, 1.165) is 0 Å². The van der Waals surface area contributed by atoms with Crippen LogP contribution in [0.3, 0.4) is 0 Å². The number of ketones is 5. The molecular weight excluding hydrogens is 518 g/mol. The highest BCUT2D eigenvalue weighted by atomic mass is 32.2. The van der Waals surface area contributed by atoms with Crippen LogP contribution in [0.5, 0.6) is 0 Å². The summed E-state index contributed by atoms with van der Waals surface area (Å²) in [6.07, 6.45) is 0.557. The Balaban J connectivity index is 0.000000578. The van der Waals surface area contributed by atoms with Crippen LogP contribution in [0.25, 0.3) is 0 Å². The normalized spacial score (nSPS) is 14.7. The zero-order valence-corrected chi connectivity index (χ0v) is 25.5. The summed E-state index contributed by atoms with van der Waals surface area (Å²) in [6.45, 7) is 16.0. The van der Waals surface area contributed by atoms with Crippen LogP contribution in [0, 0.1) is 33.5 Å². The van der Waals surface area contributed by atoms with Crippen LogP contribution in [-0.2, 0) is 33.8 Å². The molecule has 1 fully saturated rings. The Morgan fingerprint density at radius 3 is 1.56 bits per heavy atom. The van der Waals surface area contributed by atoms with Gasteiger partial charge in [0.15, 0.2) is 21.4 Å². The highest BCUT2D eigenvalue weighted by Crippen LogP contribution is 2.28. The second-order valence-corrected chi connectivity index (χ2v) is 14.7. The van der Waals surface area contributed by atoms with Gasteiger partial charge in [0, 0.05) is 35.0 Å². The van der Waals surface area contributed by atoms with Crippen molar-refractivity contribution in [2.45, 2.75) is 92.9 Å². The maximum Gasteiger partial charge on any atom is 0.185 e. The molecule has 0 radical (unpaired) electrons. The van der Waals surface area contributed by atoms with Crippen molar-refractivity contribution in [1.29, 1.82) is 5.26 Å². The molecule has 0 bridgehead atoms. The van der Waals surface area contributed by atoms with Gasteiger partial charge in [0.1, 0.15) is 23.1 Å². The molecule has 0 aromatic heterocycles. The van der Waals surface area contributed by atoms with Crippen molar-refractivity contribution in [2.24, 2.45) is 22.2 Å². The van der Waals surface area contributed by atoms with E-state index in [1.54, 1.807) is 39.0 Å². The van der Waals surface area contributed by atoms with Crippen LogP contribution in [0.4, 0.5) is 0 Å². The lowest BCUT2D eigenvalue weighted by Gasteiger charge is -2.26. The van der Waals surface area contributed by atoms with Gasteiger partial charge in [-0.05, 0) is 12.1 Å². The first-order chi connectivity index (χ1) is 17.5. The fourth-order valence-electron chi connectivity index (χ4n) is 3.22. The van der Waals surface area contributed by atoms with Gasteiger partial charge in [-0.2, -0.15) is 5.26 Å². The number of nitriles is 1. The van der Waals surface area contributed by atoms with E-state index in [2.05, 4.69) is 0 Å². The molecular formula is C30H43NO7S. The van der Waals surface area contributed by atoms with Crippen molar-refractivity contribution in [3.63, 3.8) is 0 Å².